The molecule has 0 saturated carbocycles. The molecular formula is C27H33N3O. The van der Waals surface area contributed by atoms with Crippen molar-refractivity contribution in [3.8, 4) is 0 Å². The van der Waals surface area contributed by atoms with Crippen molar-refractivity contribution in [3.63, 3.8) is 0 Å². The minimum atomic E-state index is 0.0230. The summed E-state index contributed by atoms with van der Waals surface area (Å²) in [6.07, 6.45) is 5.19. The normalized spacial score (nSPS) is 13.8. The van der Waals surface area contributed by atoms with E-state index in [0.29, 0.717) is 11.3 Å². The van der Waals surface area contributed by atoms with Crippen molar-refractivity contribution in [3.05, 3.63) is 83.2 Å². The average molecular weight is 416 g/mol. The summed E-state index contributed by atoms with van der Waals surface area (Å²) in [5, 5.41) is 0. The van der Waals surface area contributed by atoms with E-state index in [2.05, 4.69) is 60.7 Å². The Labute approximate surface area is 186 Å². The van der Waals surface area contributed by atoms with E-state index < -0.39 is 0 Å². The van der Waals surface area contributed by atoms with Crippen LogP contribution in [0, 0.1) is 0 Å². The van der Waals surface area contributed by atoms with E-state index in [1.165, 1.54) is 5.56 Å². The van der Waals surface area contributed by atoms with Crippen LogP contribution >= 0.6 is 0 Å². The van der Waals surface area contributed by atoms with Crippen molar-refractivity contribution in [2.45, 2.75) is 53.4 Å². The summed E-state index contributed by atoms with van der Waals surface area (Å²) in [5.74, 6) is 0.265. The third-order valence-electron chi connectivity index (χ3n) is 5.52. The van der Waals surface area contributed by atoms with Gasteiger partial charge in [0.2, 0.25) is 0 Å². The number of benzene rings is 1. The number of nitrogens with zero attached hydrogens (tertiary/aromatic N) is 3. The highest BCUT2D eigenvalue weighted by molar-refractivity contribution is 6.46. The van der Waals surface area contributed by atoms with Crippen molar-refractivity contribution >= 4 is 22.9 Å². The largest absolute Gasteiger partial charge is 0.295 e. The van der Waals surface area contributed by atoms with Crippen molar-refractivity contribution in [2.75, 3.05) is 7.05 Å². The van der Waals surface area contributed by atoms with Crippen molar-refractivity contribution in [1.29, 1.82) is 0 Å². The Morgan fingerprint density at radius 2 is 1.87 bits per heavy atom. The topological polar surface area (TPSA) is 54.7 Å². The number of aliphatic imine (C=N–C) groups is 2. The molecule has 0 saturated heterocycles. The molecule has 1 aromatic heterocycles. The maximum absolute atomic E-state index is 11.6. The summed E-state index contributed by atoms with van der Waals surface area (Å²) >= 11 is 0. The molecule has 0 aliphatic heterocycles. The molecule has 0 aliphatic rings. The lowest BCUT2D eigenvalue weighted by Crippen LogP contribution is -2.10. The molecule has 0 spiro atoms. The number of carbonyl (C=O) groups excluding carboxylic acids is 1. The number of hydrogen-bond acceptors (Lipinski definition) is 4. The lowest BCUT2D eigenvalue weighted by Gasteiger charge is -2.17. The van der Waals surface area contributed by atoms with Gasteiger partial charge in [-0.15, -0.1) is 0 Å². The number of allylic oxidation sites excluding steroid dienone is 3. The molecule has 0 bridgehead atoms. The van der Waals surface area contributed by atoms with Gasteiger partial charge >= 0.3 is 0 Å². The lowest BCUT2D eigenvalue weighted by molar-refractivity contribution is -0.113. The first-order valence-electron chi connectivity index (χ1n) is 10.7. The molecule has 0 aliphatic carbocycles. The van der Waals surface area contributed by atoms with Crippen LogP contribution in [-0.2, 0) is 17.6 Å². The number of Topliss-reactive ketones (excluding diaryl/α,β-unsaturated/α-hetero) is 1. The van der Waals surface area contributed by atoms with Gasteiger partial charge < -0.3 is 0 Å². The van der Waals surface area contributed by atoms with Crippen LogP contribution < -0.4 is 0 Å². The maximum Gasteiger partial charge on any atom is 0.155 e. The van der Waals surface area contributed by atoms with Crippen molar-refractivity contribution in [1.82, 2.24) is 4.98 Å². The molecule has 1 atom stereocenters. The second-order valence-electron chi connectivity index (χ2n) is 7.81. The molecule has 1 aromatic carbocycles. The highest BCUT2D eigenvalue weighted by Crippen LogP contribution is 2.29. The minimum absolute atomic E-state index is 0.0230. The fraction of sp³-hybridized carbons (Fsp3) is 0.333. The van der Waals surface area contributed by atoms with Gasteiger partial charge in [0, 0.05) is 18.7 Å². The molecule has 2 rings (SSSR count). The Kier molecular flexibility index (Phi) is 8.80. The van der Waals surface area contributed by atoms with E-state index >= 15 is 0 Å². The second kappa shape index (κ2) is 11.3. The first-order valence-corrected chi connectivity index (χ1v) is 10.7. The van der Waals surface area contributed by atoms with E-state index in [-0.39, 0.29) is 11.7 Å². The minimum Gasteiger partial charge on any atom is -0.295 e. The molecule has 0 amide bonds. The van der Waals surface area contributed by atoms with Crippen LogP contribution in [0.4, 0.5) is 5.69 Å². The number of pyridine rings is 1. The lowest BCUT2D eigenvalue weighted by atomic mass is 9.89. The van der Waals surface area contributed by atoms with Crippen molar-refractivity contribution < 1.29 is 4.79 Å². The average Bonchev–Trinajstić information content (AvgIpc) is 2.78. The summed E-state index contributed by atoms with van der Waals surface area (Å²) in [7, 11) is 1.71. The first-order chi connectivity index (χ1) is 14.8. The van der Waals surface area contributed by atoms with E-state index in [1.807, 2.05) is 19.2 Å². The van der Waals surface area contributed by atoms with Gasteiger partial charge in [-0.05, 0) is 62.5 Å². The van der Waals surface area contributed by atoms with E-state index in [9.17, 15) is 4.79 Å². The number of aryl methyl sites for hydroxylation is 1. The van der Waals surface area contributed by atoms with Crippen LogP contribution in [0.25, 0.3) is 0 Å². The van der Waals surface area contributed by atoms with Gasteiger partial charge in [-0.1, -0.05) is 56.3 Å². The van der Waals surface area contributed by atoms with Crippen LogP contribution in [0.2, 0.25) is 0 Å². The molecule has 4 nitrogen and oxygen atoms in total. The number of hydrogen-bond donors (Lipinski definition) is 0. The van der Waals surface area contributed by atoms with Crippen LogP contribution in [0.3, 0.4) is 0 Å². The summed E-state index contributed by atoms with van der Waals surface area (Å²) in [5.41, 5.74) is 7.41. The fourth-order valence-electron chi connectivity index (χ4n) is 3.23. The van der Waals surface area contributed by atoms with Gasteiger partial charge in [0.25, 0.3) is 0 Å². The summed E-state index contributed by atoms with van der Waals surface area (Å²) < 4.78 is 0. The monoisotopic (exact) mass is 415 g/mol. The number of ketones is 1. The SMILES string of the molecule is C=C(Cc1cc(CC)ncc1N=C(C)C(/C=C(/C)C(C)=O)=NC)C(C)c1ccccc1. The molecule has 0 radical (unpaired) electrons. The van der Waals surface area contributed by atoms with Gasteiger partial charge in [0.15, 0.2) is 5.78 Å². The smallest absolute Gasteiger partial charge is 0.155 e. The first kappa shape index (κ1) is 24.1. The van der Waals surface area contributed by atoms with Crippen LogP contribution in [0.1, 0.15) is 57.4 Å². The van der Waals surface area contributed by atoms with E-state index in [0.717, 1.165) is 41.1 Å². The molecule has 1 unspecified atom stereocenters. The van der Waals surface area contributed by atoms with E-state index in [4.69, 9.17) is 4.99 Å². The molecule has 2 aromatic rings. The van der Waals surface area contributed by atoms with Gasteiger partial charge in [-0.25, -0.2) is 4.99 Å². The third-order valence-corrected chi connectivity index (χ3v) is 5.52. The Bertz CT molecular complexity index is 1030. The van der Waals surface area contributed by atoms with Crippen LogP contribution in [0.5, 0.6) is 0 Å². The number of rotatable bonds is 9. The Morgan fingerprint density at radius 3 is 2.45 bits per heavy atom. The van der Waals surface area contributed by atoms with Crippen molar-refractivity contribution in [2.24, 2.45) is 9.98 Å². The second-order valence-corrected chi connectivity index (χ2v) is 7.81. The highest BCUT2D eigenvalue weighted by atomic mass is 16.1. The molecular weight excluding hydrogens is 382 g/mol. The Morgan fingerprint density at radius 1 is 1.19 bits per heavy atom. The zero-order valence-electron chi connectivity index (χ0n) is 19.6. The third kappa shape index (κ3) is 6.68. The zero-order chi connectivity index (χ0) is 23.0. The standard InChI is InChI=1S/C27H33N3O/c1-8-25-16-24(14-18(2)20(4)23-12-10-9-11-13-23)27(17-29-25)30-21(5)26(28-7)15-19(3)22(6)31/h9-13,15-17,20H,2,8,14H2,1,3-7H3/b19-15-,28-26?,30-21?. The van der Waals surface area contributed by atoms with Gasteiger partial charge in [0.1, 0.15) is 0 Å². The predicted octanol–water partition coefficient (Wildman–Crippen LogP) is 6.24. The molecule has 4 heteroatoms. The van der Waals surface area contributed by atoms with Crippen LogP contribution in [0.15, 0.2) is 76.4 Å². The molecule has 1 heterocycles. The zero-order valence-corrected chi connectivity index (χ0v) is 19.6. The predicted molar refractivity (Wildman–Crippen MR) is 132 cm³/mol. The van der Waals surface area contributed by atoms with Crippen LogP contribution in [-0.4, -0.2) is 29.2 Å². The quantitative estimate of drug-likeness (QED) is 0.276. The Balaban J connectivity index is 2.39. The highest BCUT2D eigenvalue weighted by Gasteiger charge is 2.14. The molecule has 31 heavy (non-hydrogen) atoms. The molecule has 0 N–H and O–H groups in total. The van der Waals surface area contributed by atoms with Gasteiger partial charge in [0.05, 0.1) is 23.3 Å². The molecule has 162 valence electrons. The number of aromatic nitrogens is 1. The fourth-order valence-corrected chi connectivity index (χ4v) is 3.23. The summed E-state index contributed by atoms with van der Waals surface area (Å²) in [6, 6.07) is 12.5. The number of carbonyl (C=O) groups is 1. The molecule has 0 fully saturated rings. The Hall–Kier alpha value is -3.14. The van der Waals surface area contributed by atoms with Gasteiger partial charge in [-0.2, -0.15) is 0 Å². The summed E-state index contributed by atoms with van der Waals surface area (Å²) in [6.45, 7) is 13.9. The maximum atomic E-state index is 11.6. The van der Waals surface area contributed by atoms with Gasteiger partial charge in [-0.3, -0.25) is 14.8 Å². The summed E-state index contributed by atoms with van der Waals surface area (Å²) in [4.78, 5) is 25.3. The van der Waals surface area contributed by atoms with E-state index in [1.54, 1.807) is 27.0 Å².